The van der Waals surface area contributed by atoms with E-state index in [-0.39, 0.29) is 5.57 Å². The van der Waals surface area contributed by atoms with Gasteiger partial charge in [0.05, 0.1) is 5.69 Å². The van der Waals surface area contributed by atoms with E-state index in [1.807, 2.05) is 64.1 Å². The Labute approximate surface area is 194 Å². The van der Waals surface area contributed by atoms with Gasteiger partial charge in [0.1, 0.15) is 5.57 Å². The van der Waals surface area contributed by atoms with Crippen LogP contribution in [0.4, 0.5) is 10.5 Å². The molecule has 2 aromatic carbocycles. The van der Waals surface area contributed by atoms with Gasteiger partial charge in [-0.25, -0.2) is 9.69 Å². The van der Waals surface area contributed by atoms with Crippen molar-refractivity contribution in [2.24, 2.45) is 0 Å². The SMILES string of the molecule is Cc1cc(C)cc(N2C(=O)NC(=O)/C(=C\c3cc(C)n(-c4ccc(Br)cc4)c3C)C2=O)c1. The number of aryl methyl sites for hydroxylation is 3. The number of imide groups is 2. The first-order valence-electron chi connectivity index (χ1n) is 10.1. The molecule has 0 radical (unpaired) electrons. The first-order chi connectivity index (χ1) is 15.2. The summed E-state index contributed by atoms with van der Waals surface area (Å²) in [7, 11) is 0. The first-order valence-corrected chi connectivity index (χ1v) is 10.9. The minimum Gasteiger partial charge on any atom is -0.318 e. The number of benzene rings is 2. The second kappa shape index (κ2) is 8.24. The zero-order valence-corrected chi connectivity index (χ0v) is 19.8. The summed E-state index contributed by atoms with van der Waals surface area (Å²) in [6, 6.07) is 14.5. The van der Waals surface area contributed by atoms with E-state index in [9.17, 15) is 14.4 Å². The lowest BCUT2D eigenvalue weighted by Gasteiger charge is -2.27. The topological polar surface area (TPSA) is 71.4 Å². The number of rotatable bonds is 3. The van der Waals surface area contributed by atoms with Crippen molar-refractivity contribution in [3.8, 4) is 5.69 Å². The maximum atomic E-state index is 13.2. The number of amides is 4. The van der Waals surface area contributed by atoms with Crippen LogP contribution in [0.3, 0.4) is 0 Å². The highest BCUT2D eigenvalue weighted by atomic mass is 79.9. The highest BCUT2D eigenvalue weighted by molar-refractivity contribution is 9.10. The molecule has 1 aromatic heterocycles. The normalized spacial score (nSPS) is 15.5. The van der Waals surface area contributed by atoms with Gasteiger partial charge in [-0.05, 0) is 92.9 Å². The Kier molecular flexibility index (Phi) is 5.60. The van der Waals surface area contributed by atoms with Crippen molar-refractivity contribution in [3.05, 3.63) is 86.7 Å². The second-order valence-corrected chi connectivity index (χ2v) is 8.86. The predicted molar refractivity (Wildman–Crippen MR) is 128 cm³/mol. The molecule has 0 spiro atoms. The van der Waals surface area contributed by atoms with Crippen LogP contribution in [0.25, 0.3) is 11.8 Å². The maximum absolute atomic E-state index is 13.2. The van der Waals surface area contributed by atoms with Crippen molar-refractivity contribution < 1.29 is 14.4 Å². The average Bonchev–Trinajstić information content (AvgIpc) is 2.98. The molecule has 6 nitrogen and oxygen atoms in total. The summed E-state index contributed by atoms with van der Waals surface area (Å²) in [6.07, 6.45) is 1.55. The number of hydrogen-bond donors (Lipinski definition) is 1. The Bertz CT molecular complexity index is 1280. The number of carbonyl (C=O) groups is 3. The summed E-state index contributed by atoms with van der Waals surface area (Å²) < 4.78 is 3.03. The summed E-state index contributed by atoms with van der Waals surface area (Å²) in [5, 5.41) is 2.29. The molecular formula is C25H22BrN3O3. The molecule has 7 heteroatoms. The van der Waals surface area contributed by atoms with E-state index in [2.05, 4.69) is 25.8 Å². The van der Waals surface area contributed by atoms with Crippen molar-refractivity contribution in [1.29, 1.82) is 0 Å². The molecule has 0 atom stereocenters. The lowest BCUT2D eigenvalue weighted by atomic mass is 10.1. The average molecular weight is 492 g/mol. The number of hydrogen-bond acceptors (Lipinski definition) is 3. The van der Waals surface area contributed by atoms with E-state index in [0.717, 1.165) is 43.1 Å². The van der Waals surface area contributed by atoms with Crippen LogP contribution in [0.1, 0.15) is 28.1 Å². The number of nitrogens with one attached hydrogen (secondary N) is 1. The Morgan fingerprint density at radius 3 is 2.09 bits per heavy atom. The molecule has 1 fully saturated rings. The highest BCUT2D eigenvalue weighted by Gasteiger charge is 2.37. The molecule has 3 aromatic rings. The monoisotopic (exact) mass is 491 g/mol. The van der Waals surface area contributed by atoms with Crippen molar-refractivity contribution >= 4 is 45.5 Å². The molecule has 0 aliphatic carbocycles. The number of urea groups is 1. The molecular weight excluding hydrogens is 470 g/mol. The zero-order valence-electron chi connectivity index (χ0n) is 18.2. The van der Waals surface area contributed by atoms with Crippen LogP contribution in [0.15, 0.2) is 58.6 Å². The molecule has 0 unspecified atom stereocenters. The summed E-state index contributed by atoms with van der Waals surface area (Å²) in [5.74, 6) is -1.34. The van der Waals surface area contributed by atoms with Crippen molar-refractivity contribution in [1.82, 2.24) is 9.88 Å². The molecule has 0 saturated carbocycles. The quantitative estimate of drug-likeness (QED) is 0.407. The molecule has 162 valence electrons. The second-order valence-electron chi connectivity index (χ2n) is 7.94. The van der Waals surface area contributed by atoms with Gasteiger partial charge in [0, 0.05) is 21.5 Å². The fourth-order valence-corrected chi connectivity index (χ4v) is 4.31. The van der Waals surface area contributed by atoms with Gasteiger partial charge in [-0.3, -0.25) is 14.9 Å². The third-order valence-electron chi connectivity index (χ3n) is 5.42. The Hall–Kier alpha value is -3.45. The molecule has 32 heavy (non-hydrogen) atoms. The lowest BCUT2D eigenvalue weighted by molar-refractivity contribution is -0.122. The van der Waals surface area contributed by atoms with Crippen molar-refractivity contribution in [2.45, 2.75) is 27.7 Å². The van der Waals surface area contributed by atoms with Crippen LogP contribution in [-0.2, 0) is 9.59 Å². The fraction of sp³-hybridized carbons (Fsp3) is 0.160. The van der Waals surface area contributed by atoms with Crippen molar-refractivity contribution in [2.75, 3.05) is 4.90 Å². The summed E-state index contributed by atoms with van der Waals surface area (Å²) in [4.78, 5) is 39.4. The van der Waals surface area contributed by atoms with Gasteiger partial charge in [-0.15, -0.1) is 0 Å². The summed E-state index contributed by atoms with van der Waals surface area (Å²) in [5.41, 5.74) is 5.74. The molecule has 1 aliphatic rings. The van der Waals surface area contributed by atoms with Gasteiger partial charge in [-0.2, -0.15) is 0 Å². The van der Waals surface area contributed by atoms with E-state index >= 15 is 0 Å². The standard InChI is InChI=1S/C25H22BrN3O3/c1-14-9-15(2)11-21(10-14)29-24(31)22(23(30)27-25(29)32)13-18-12-16(3)28(17(18)4)20-7-5-19(26)6-8-20/h5-13H,1-4H3,(H,27,30,32)/b22-13+. The minimum atomic E-state index is -0.748. The third-order valence-corrected chi connectivity index (χ3v) is 5.95. The largest absolute Gasteiger partial charge is 0.335 e. The number of aromatic nitrogens is 1. The Morgan fingerprint density at radius 1 is 0.844 bits per heavy atom. The van der Waals surface area contributed by atoms with Gasteiger partial charge in [-0.1, -0.05) is 22.0 Å². The van der Waals surface area contributed by atoms with E-state index in [1.54, 1.807) is 18.2 Å². The first kappa shape index (κ1) is 21.8. The molecule has 1 saturated heterocycles. The van der Waals surface area contributed by atoms with Crippen molar-refractivity contribution in [3.63, 3.8) is 0 Å². The number of halogens is 1. The molecule has 0 bridgehead atoms. The Balaban J connectivity index is 1.77. The van der Waals surface area contributed by atoms with Gasteiger partial charge in [0.2, 0.25) is 0 Å². The predicted octanol–water partition coefficient (Wildman–Crippen LogP) is 5.14. The van der Waals surface area contributed by atoms with E-state index in [4.69, 9.17) is 0 Å². The number of carbonyl (C=O) groups excluding carboxylic acids is 3. The molecule has 4 amide bonds. The number of nitrogens with zero attached hydrogens (tertiary/aromatic N) is 2. The fourth-order valence-electron chi connectivity index (χ4n) is 4.05. The molecule has 1 N–H and O–H groups in total. The molecule has 2 heterocycles. The van der Waals surface area contributed by atoms with Crippen LogP contribution in [0, 0.1) is 27.7 Å². The highest BCUT2D eigenvalue weighted by Crippen LogP contribution is 2.27. The van der Waals surface area contributed by atoms with Gasteiger partial charge in [0.25, 0.3) is 11.8 Å². The number of barbiturate groups is 1. The molecule has 4 rings (SSSR count). The van der Waals surface area contributed by atoms with E-state index < -0.39 is 17.8 Å². The lowest BCUT2D eigenvalue weighted by Crippen LogP contribution is -2.54. The maximum Gasteiger partial charge on any atom is 0.335 e. The van der Waals surface area contributed by atoms with Gasteiger partial charge in [0.15, 0.2) is 0 Å². The smallest absolute Gasteiger partial charge is 0.318 e. The van der Waals surface area contributed by atoms with Crippen LogP contribution in [-0.4, -0.2) is 22.4 Å². The minimum absolute atomic E-state index is 0.0835. The van der Waals surface area contributed by atoms with Crippen LogP contribution in [0.2, 0.25) is 0 Å². The van der Waals surface area contributed by atoms with E-state index in [1.165, 1.54) is 0 Å². The summed E-state index contributed by atoms with van der Waals surface area (Å²) in [6.45, 7) is 7.67. The zero-order chi connectivity index (χ0) is 23.2. The van der Waals surface area contributed by atoms with Crippen LogP contribution < -0.4 is 10.2 Å². The van der Waals surface area contributed by atoms with Crippen LogP contribution in [0.5, 0.6) is 0 Å². The van der Waals surface area contributed by atoms with Gasteiger partial charge < -0.3 is 4.57 Å². The van der Waals surface area contributed by atoms with Gasteiger partial charge >= 0.3 is 6.03 Å². The van der Waals surface area contributed by atoms with E-state index in [0.29, 0.717) is 5.69 Å². The van der Waals surface area contributed by atoms with Crippen LogP contribution >= 0.6 is 15.9 Å². The number of anilines is 1. The Morgan fingerprint density at radius 2 is 1.47 bits per heavy atom. The molecule has 1 aliphatic heterocycles. The summed E-state index contributed by atoms with van der Waals surface area (Å²) >= 11 is 3.44. The third kappa shape index (κ3) is 3.91.